The number of anilines is 1. The summed E-state index contributed by atoms with van der Waals surface area (Å²) in [5.74, 6) is 0.605. The van der Waals surface area contributed by atoms with Gasteiger partial charge < -0.3 is 19.5 Å². The Balaban J connectivity index is 1.72. The molecule has 1 N–H and O–H groups in total. The van der Waals surface area contributed by atoms with E-state index in [2.05, 4.69) is 10.2 Å². The van der Waals surface area contributed by atoms with Gasteiger partial charge in [-0.3, -0.25) is 13.9 Å². The first-order chi connectivity index (χ1) is 18.9. The summed E-state index contributed by atoms with van der Waals surface area (Å²) in [6, 6.07) is 9.61. The second kappa shape index (κ2) is 12.0. The molecule has 0 saturated carbocycles. The Bertz CT molecular complexity index is 1530. The minimum Gasteiger partial charge on any atom is -0.444 e. The third kappa shape index (κ3) is 6.73. The molecule has 1 aromatic carbocycles. The molecule has 1 saturated heterocycles. The SMILES string of the molecule is CC(C)=CCn1c(N2CCCC(NC(=O)OC(C)(C)C)C2)nc2c1c(=O)n(CC=Cc1ccccc1)c(=O)n2C. The highest BCUT2D eigenvalue weighted by atomic mass is 16.6. The molecule has 1 fully saturated rings. The largest absolute Gasteiger partial charge is 0.444 e. The van der Waals surface area contributed by atoms with Crippen LogP contribution in [-0.4, -0.2) is 49.5 Å². The molecule has 10 nitrogen and oxygen atoms in total. The number of nitrogens with one attached hydrogen (secondary N) is 1. The van der Waals surface area contributed by atoms with Crippen molar-refractivity contribution in [3.05, 3.63) is 74.5 Å². The fraction of sp³-hybridized carbons (Fsp3) is 0.467. The Hall–Kier alpha value is -4.08. The van der Waals surface area contributed by atoms with Crippen LogP contribution in [0.15, 0.2) is 57.6 Å². The number of rotatable bonds is 7. The first-order valence-electron chi connectivity index (χ1n) is 13.7. The predicted molar refractivity (Wildman–Crippen MR) is 159 cm³/mol. The standard InChI is InChI=1S/C30H40N6O4/c1-21(2)16-19-35-24-25(32-27(35)34-17-11-15-23(20-34)31-28(38)40-30(3,4)5)33(6)29(39)36(26(24)37)18-10-14-22-12-8-7-9-13-22/h7-10,12-14,16,23H,11,15,17-20H2,1-6H3,(H,31,38). The minimum absolute atomic E-state index is 0.135. The Morgan fingerprint density at radius 3 is 2.52 bits per heavy atom. The molecule has 1 atom stereocenters. The van der Waals surface area contributed by atoms with Crippen LogP contribution in [-0.2, 0) is 24.9 Å². The van der Waals surface area contributed by atoms with E-state index in [1.807, 2.05) is 87.7 Å². The molecule has 10 heteroatoms. The number of alkyl carbamates (subject to hydrolysis) is 1. The van der Waals surface area contributed by atoms with Gasteiger partial charge in [0.25, 0.3) is 5.56 Å². The lowest BCUT2D eigenvalue weighted by molar-refractivity contribution is 0.0499. The van der Waals surface area contributed by atoms with Gasteiger partial charge in [-0.15, -0.1) is 0 Å². The summed E-state index contributed by atoms with van der Waals surface area (Å²) < 4.78 is 10.0. The van der Waals surface area contributed by atoms with Crippen LogP contribution >= 0.6 is 0 Å². The summed E-state index contributed by atoms with van der Waals surface area (Å²) >= 11 is 0. The maximum atomic E-state index is 13.8. The van der Waals surface area contributed by atoms with Crippen molar-refractivity contribution in [3.8, 4) is 0 Å². The number of carbonyl (C=O) groups is 1. The molecule has 2 aromatic heterocycles. The van der Waals surface area contributed by atoms with Crippen LogP contribution in [0.3, 0.4) is 0 Å². The second-order valence-electron chi connectivity index (χ2n) is 11.5. The number of hydrogen-bond donors (Lipinski definition) is 1. The average Bonchev–Trinajstić information content (AvgIpc) is 3.27. The van der Waals surface area contributed by atoms with Crippen molar-refractivity contribution in [2.45, 2.75) is 72.2 Å². The summed E-state index contributed by atoms with van der Waals surface area (Å²) in [6.45, 7) is 11.3. The first-order valence-corrected chi connectivity index (χ1v) is 13.7. The zero-order chi connectivity index (χ0) is 29.0. The quantitative estimate of drug-likeness (QED) is 0.447. The zero-order valence-corrected chi connectivity index (χ0v) is 24.3. The predicted octanol–water partition coefficient (Wildman–Crippen LogP) is 4.07. The third-order valence-electron chi connectivity index (χ3n) is 6.72. The van der Waals surface area contributed by atoms with Crippen molar-refractivity contribution in [1.82, 2.24) is 24.0 Å². The Morgan fingerprint density at radius 2 is 1.85 bits per heavy atom. The summed E-state index contributed by atoms with van der Waals surface area (Å²) in [5.41, 5.74) is 1.44. The van der Waals surface area contributed by atoms with Gasteiger partial charge in [0.1, 0.15) is 5.60 Å². The van der Waals surface area contributed by atoms with Crippen molar-refractivity contribution in [1.29, 1.82) is 0 Å². The number of allylic oxidation sites excluding steroid dienone is 3. The maximum Gasteiger partial charge on any atom is 0.407 e. The number of amides is 1. The first kappa shape index (κ1) is 28.9. The van der Waals surface area contributed by atoms with Gasteiger partial charge in [-0.2, -0.15) is 4.98 Å². The number of carbonyl (C=O) groups excluding carboxylic acids is 1. The molecule has 0 bridgehead atoms. The van der Waals surface area contributed by atoms with Gasteiger partial charge in [-0.05, 0) is 53.0 Å². The topological polar surface area (TPSA) is 103 Å². The highest BCUT2D eigenvalue weighted by Gasteiger charge is 2.29. The normalized spacial score (nSPS) is 15.9. The van der Waals surface area contributed by atoms with Gasteiger partial charge in [-0.25, -0.2) is 9.59 Å². The molecule has 1 unspecified atom stereocenters. The van der Waals surface area contributed by atoms with Crippen LogP contribution in [0.2, 0.25) is 0 Å². The molecule has 0 aliphatic carbocycles. The van der Waals surface area contributed by atoms with E-state index in [4.69, 9.17) is 9.72 Å². The molecule has 214 valence electrons. The Morgan fingerprint density at radius 1 is 1.12 bits per heavy atom. The summed E-state index contributed by atoms with van der Waals surface area (Å²) in [5, 5.41) is 2.98. The monoisotopic (exact) mass is 548 g/mol. The molecule has 4 rings (SSSR count). The van der Waals surface area contributed by atoms with Crippen molar-refractivity contribution in [3.63, 3.8) is 0 Å². The lowest BCUT2D eigenvalue weighted by atomic mass is 10.1. The number of aromatic nitrogens is 4. The van der Waals surface area contributed by atoms with Crippen LogP contribution in [0.4, 0.5) is 10.7 Å². The fourth-order valence-electron chi connectivity index (χ4n) is 4.82. The lowest BCUT2D eigenvalue weighted by Gasteiger charge is -2.34. The van der Waals surface area contributed by atoms with E-state index in [9.17, 15) is 14.4 Å². The van der Waals surface area contributed by atoms with E-state index in [-0.39, 0.29) is 18.1 Å². The number of fused-ring (bicyclic) bond motifs is 1. The van der Waals surface area contributed by atoms with E-state index >= 15 is 0 Å². The average molecular weight is 549 g/mol. The van der Waals surface area contributed by atoms with E-state index in [0.29, 0.717) is 36.7 Å². The summed E-state index contributed by atoms with van der Waals surface area (Å²) in [7, 11) is 1.65. The molecule has 1 aliphatic rings. The second-order valence-corrected chi connectivity index (χ2v) is 11.5. The number of aryl methyl sites for hydroxylation is 1. The molecule has 3 heterocycles. The van der Waals surface area contributed by atoms with Gasteiger partial charge in [0, 0.05) is 39.3 Å². The molecule has 3 aromatic rings. The number of benzene rings is 1. The highest BCUT2D eigenvalue weighted by Crippen LogP contribution is 2.24. The van der Waals surface area contributed by atoms with Crippen LogP contribution in [0.5, 0.6) is 0 Å². The van der Waals surface area contributed by atoms with Gasteiger partial charge in [0.15, 0.2) is 11.2 Å². The number of hydrogen-bond acceptors (Lipinski definition) is 6. The van der Waals surface area contributed by atoms with E-state index < -0.39 is 17.4 Å². The van der Waals surface area contributed by atoms with Crippen LogP contribution in [0.25, 0.3) is 17.2 Å². The number of piperidine rings is 1. The van der Waals surface area contributed by atoms with Crippen molar-refractivity contribution in [2.75, 3.05) is 18.0 Å². The smallest absolute Gasteiger partial charge is 0.407 e. The molecule has 0 radical (unpaired) electrons. The molecule has 0 spiro atoms. The number of nitrogens with zero attached hydrogens (tertiary/aromatic N) is 5. The molecule has 1 aliphatic heterocycles. The molecular weight excluding hydrogens is 508 g/mol. The molecule has 1 amide bonds. The Labute approximate surface area is 234 Å². The van der Waals surface area contributed by atoms with Crippen LogP contribution in [0, 0.1) is 0 Å². The number of ether oxygens (including phenoxy) is 1. The van der Waals surface area contributed by atoms with Crippen molar-refractivity contribution < 1.29 is 9.53 Å². The highest BCUT2D eigenvalue weighted by molar-refractivity contribution is 5.75. The molecule has 40 heavy (non-hydrogen) atoms. The third-order valence-corrected chi connectivity index (χ3v) is 6.72. The maximum absolute atomic E-state index is 13.8. The van der Waals surface area contributed by atoms with Gasteiger partial charge in [0.05, 0.1) is 0 Å². The lowest BCUT2D eigenvalue weighted by Crippen LogP contribution is -2.49. The van der Waals surface area contributed by atoms with Gasteiger partial charge in [-0.1, -0.05) is 54.1 Å². The summed E-state index contributed by atoms with van der Waals surface area (Å²) in [4.78, 5) is 46.4. The van der Waals surface area contributed by atoms with E-state index in [0.717, 1.165) is 24.0 Å². The van der Waals surface area contributed by atoms with Crippen LogP contribution in [0.1, 0.15) is 53.0 Å². The van der Waals surface area contributed by atoms with Gasteiger partial charge >= 0.3 is 11.8 Å². The van der Waals surface area contributed by atoms with Crippen molar-refractivity contribution in [2.24, 2.45) is 7.05 Å². The zero-order valence-electron chi connectivity index (χ0n) is 24.3. The van der Waals surface area contributed by atoms with E-state index in [1.54, 1.807) is 7.05 Å². The van der Waals surface area contributed by atoms with Crippen LogP contribution < -0.4 is 21.5 Å². The summed E-state index contributed by atoms with van der Waals surface area (Å²) in [6.07, 6.45) is 6.94. The van der Waals surface area contributed by atoms with Gasteiger partial charge in [0.2, 0.25) is 5.95 Å². The Kier molecular flexibility index (Phi) is 8.66. The van der Waals surface area contributed by atoms with E-state index in [1.165, 1.54) is 9.13 Å². The fourth-order valence-corrected chi connectivity index (χ4v) is 4.82. The minimum atomic E-state index is -0.586. The molecular formula is C30H40N6O4. The number of imidazole rings is 1. The van der Waals surface area contributed by atoms with Crippen molar-refractivity contribution >= 4 is 29.3 Å².